The monoisotopic (exact) mass is 514 g/mol. The Labute approximate surface area is 219 Å². The van der Waals surface area contributed by atoms with Crippen molar-refractivity contribution in [3.05, 3.63) is 77.5 Å². The highest BCUT2D eigenvalue weighted by Gasteiger charge is 2.22. The maximum Gasteiger partial charge on any atom is 0.280 e. The van der Waals surface area contributed by atoms with Gasteiger partial charge < -0.3 is 29.6 Å². The van der Waals surface area contributed by atoms with E-state index in [1.54, 1.807) is 38.2 Å². The zero-order valence-corrected chi connectivity index (χ0v) is 21.3. The number of aromatic nitrogens is 3. The van der Waals surface area contributed by atoms with Crippen molar-refractivity contribution in [3.63, 3.8) is 0 Å². The fraction of sp³-hybridized carbons (Fsp3) is 0.286. The molecule has 10 heteroatoms. The van der Waals surface area contributed by atoms with E-state index in [4.69, 9.17) is 0 Å². The third kappa shape index (κ3) is 5.16. The lowest BCUT2D eigenvalue weighted by atomic mass is 10.1. The Bertz CT molecular complexity index is 1560. The number of benzene rings is 2. The zero-order valence-electron chi connectivity index (χ0n) is 21.3. The first kappa shape index (κ1) is 25.2. The van der Waals surface area contributed by atoms with Crippen LogP contribution in [0.5, 0.6) is 5.75 Å². The van der Waals surface area contributed by atoms with Crippen LogP contribution in [0.15, 0.2) is 65.8 Å². The number of pyridine rings is 1. The van der Waals surface area contributed by atoms with Crippen LogP contribution in [-0.2, 0) is 6.54 Å². The third-order valence-electron chi connectivity index (χ3n) is 6.56. The molecular weight excluding hydrogens is 484 g/mol. The van der Waals surface area contributed by atoms with Gasteiger partial charge in [0.15, 0.2) is 6.29 Å². The number of piperazine rings is 1. The van der Waals surface area contributed by atoms with Crippen LogP contribution in [0.1, 0.15) is 34.6 Å². The van der Waals surface area contributed by atoms with Gasteiger partial charge in [0.1, 0.15) is 11.6 Å². The van der Waals surface area contributed by atoms with Gasteiger partial charge >= 0.3 is 0 Å². The molecule has 4 aromatic rings. The Hall–Kier alpha value is -4.44. The second-order valence-corrected chi connectivity index (χ2v) is 9.99. The highest BCUT2D eigenvalue weighted by Crippen LogP contribution is 2.28. The number of nitrogens with zero attached hydrogens (tertiary/aromatic N) is 5. The third-order valence-corrected chi connectivity index (χ3v) is 6.56. The lowest BCUT2D eigenvalue weighted by Gasteiger charge is -2.37. The van der Waals surface area contributed by atoms with Gasteiger partial charge in [0.05, 0.1) is 34.4 Å². The molecule has 1 fully saturated rings. The lowest BCUT2D eigenvalue weighted by Crippen LogP contribution is -2.47. The number of aromatic hydroxyl groups is 1. The SMILES string of the molecule is CC(C)(O)Cn1/c(=N/C(=O)c2ccnc(N3CCN(c4cccc(O)c4C=O)CC3)c2)[nH]c2ccccc21. The number of aliphatic hydroxyl groups is 1. The standard InChI is InChI=1S/C28H30N6O4/c1-28(2,38)18-34-23-7-4-3-6-21(23)30-27(34)31-26(37)19-10-11-29-25(16-19)33-14-12-32(13-15-33)22-8-5-9-24(36)20(22)17-35/h3-11,16-17,36,38H,12-15,18H2,1-2H3,(H,30,31,37). The summed E-state index contributed by atoms with van der Waals surface area (Å²) in [5.74, 6) is 0.215. The summed E-state index contributed by atoms with van der Waals surface area (Å²) in [6, 6.07) is 16.0. The maximum atomic E-state index is 13.2. The first-order chi connectivity index (χ1) is 18.2. The highest BCUT2D eigenvalue weighted by molar-refractivity contribution is 5.95. The van der Waals surface area contributed by atoms with E-state index in [1.165, 1.54) is 6.07 Å². The lowest BCUT2D eigenvalue weighted by molar-refractivity contribution is 0.0612. The molecule has 5 rings (SSSR count). The number of phenolic OH excluding ortho intramolecular Hbond substituents is 1. The van der Waals surface area contributed by atoms with Crippen LogP contribution in [0, 0.1) is 0 Å². The van der Waals surface area contributed by atoms with Crippen molar-refractivity contribution < 1.29 is 19.8 Å². The highest BCUT2D eigenvalue weighted by atomic mass is 16.3. The maximum absolute atomic E-state index is 13.2. The predicted octanol–water partition coefficient (Wildman–Crippen LogP) is 2.72. The van der Waals surface area contributed by atoms with Crippen LogP contribution in [0.25, 0.3) is 11.0 Å². The molecule has 0 saturated carbocycles. The van der Waals surface area contributed by atoms with Gasteiger partial charge in [0.25, 0.3) is 5.91 Å². The molecule has 0 spiro atoms. The van der Waals surface area contributed by atoms with E-state index in [2.05, 4.69) is 24.8 Å². The molecule has 1 amide bonds. The summed E-state index contributed by atoms with van der Waals surface area (Å²) in [7, 11) is 0. The van der Waals surface area contributed by atoms with Gasteiger partial charge in [-0.3, -0.25) is 9.59 Å². The first-order valence-corrected chi connectivity index (χ1v) is 12.5. The summed E-state index contributed by atoms with van der Waals surface area (Å²) in [4.78, 5) is 40.9. The number of H-pyrrole nitrogens is 1. The number of hydrogen-bond acceptors (Lipinski definition) is 7. The van der Waals surface area contributed by atoms with E-state index in [0.717, 1.165) is 11.0 Å². The summed E-state index contributed by atoms with van der Waals surface area (Å²) >= 11 is 0. The Morgan fingerprint density at radius 2 is 1.82 bits per heavy atom. The Morgan fingerprint density at radius 1 is 1.08 bits per heavy atom. The van der Waals surface area contributed by atoms with Crippen molar-refractivity contribution in [1.82, 2.24) is 14.5 Å². The van der Waals surface area contributed by atoms with Gasteiger partial charge in [-0.1, -0.05) is 18.2 Å². The normalized spacial score (nSPS) is 14.8. The number of hydrogen-bond donors (Lipinski definition) is 3. The van der Waals surface area contributed by atoms with E-state index in [0.29, 0.717) is 55.2 Å². The Balaban J connectivity index is 1.37. The van der Waals surface area contributed by atoms with Gasteiger partial charge in [-0.2, -0.15) is 4.99 Å². The average molecular weight is 515 g/mol. The van der Waals surface area contributed by atoms with E-state index in [1.807, 2.05) is 34.9 Å². The molecule has 10 nitrogen and oxygen atoms in total. The minimum absolute atomic E-state index is 0.0320. The Kier molecular flexibility index (Phi) is 6.73. The number of para-hydroxylation sites is 2. The molecule has 0 radical (unpaired) electrons. The molecule has 0 atom stereocenters. The number of anilines is 2. The molecule has 1 aliphatic rings. The molecule has 3 N–H and O–H groups in total. The van der Waals surface area contributed by atoms with E-state index in [-0.39, 0.29) is 17.9 Å². The van der Waals surface area contributed by atoms with Gasteiger partial charge in [0.2, 0.25) is 5.62 Å². The Morgan fingerprint density at radius 3 is 2.55 bits per heavy atom. The number of aromatic amines is 1. The van der Waals surface area contributed by atoms with Gasteiger partial charge in [-0.25, -0.2) is 4.98 Å². The van der Waals surface area contributed by atoms with E-state index < -0.39 is 11.5 Å². The molecule has 1 aliphatic heterocycles. The van der Waals surface area contributed by atoms with Crippen molar-refractivity contribution in [2.24, 2.45) is 4.99 Å². The van der Waals surface area contributed by atoms with Crippen LogP contribution >= 0.6 is 0 Å². The number of nitrogens with one attached hydrogen (secondary N) is 1. The van der Waals surface area contributed by atoms with Crippen molar-refractivity contribution in [3.8, 4) is 5.75 Å². The molecule has 0 bridgehead atoms. The minimum Gasteiger partial charge on any atom is -0.507 e. The van der Waals surface area contributed by atoms with Crippen LogP contribution in [0.2, 0.25) is 0 Å². The van der Waals surface area contributed by atoms with Crippen LogP contribution in [0.3, 0.4) is 0 Å². The fourth-order valence-electron chi connectivity index (χ4n) is 4.75. The summed E-state index contributed by atoms with van der Waals surface area (Å²) < 4.78 is 1.81. The molecule has 38 heavy (non-hydrogen) atoms. The molecule has 196 valence electrons. The second-order valence-electron chi connectivity index (χ2n) is 9.99. The van der Waals surface area contributed by atoms with Crippen molar-refractivity contribution >= 4 is 34.7 Å². The summed E-state index contributed by atoms with van der Waals surface area (Å²) in [5, 5.41) is 20.4. The number of imidazole rings is 1. The number of carbonyl (C=O) groups is 2. The van der Waals surface area contributed by atoms with Gasteiger partial charge in [-0.15, -0.1) is 0 Å². The zero-order chi connectivity index (χ0) is 26.9. The number of rotatable bonds is 6. The summed E-state index contributed by atoms with van der Waals surface area (Å²) in [5.41, 5.74) is 2.42. The van der Waals surface area contributed by atoms with Crippen molar-refractivity contribution in [1.29, 1.82) is 0 Å². The minimum atomic E-state index is -1.00. The molecule has 0 unspecified atom stereocenters. The van der Waals surface area contributed by atoms with Gasteiger partial charge in [-0.05, 0) is 50.2 Å². The van der Waals surface area contributed by atoms with Crippen LogP contribution < -0.4 is 15.4 Å². The number of phenols is 1. The van der Waals surface area contributed by atoms with Crippen LogP contribution in [0.4, 0.5) is 11.5 Å². The number of fused-ring (bicyclic) bond motifs is 1. The molecular formula is C28H30N6O4. The van der Waals surface area contributed by atoms with Crippen molar-refractivity contribution in [2.45, 2.75) is 26.0 Å². The number of amides is 1. The fourth-order valence-corrected chi connectivity index (χ4v) is 4.75. The predicted molar refractivity (Wildman–Crippen MR) is 145 cm³/mol. The van der Waals surface area contributed by atoms with Crippen molar-refractivity contribution in [2.75, 3.05) is 36.0 Å². The molecule has 2 aromatic heterocycles. The average Bonchev–Trinajstić information content (AvgIpc) is 3.24. The second kappa shape index (κ2) is 10.1. The van der Waals surface area contributed by atoms with Gasteiger partial charge in [0, 0.05) is 37.9 Å². The molecule has 3 heterocycles. The summed E-state index contributed by atoms with van der Waals surface area (Å²) in [6.45, 7) is 6.19. The van der Waals surface area contributed by atoms with Crippen LogP contribution in [-0.4, -0.2) is 68.7 Å². The van der Waals surface area contributed by atoms with E-state index >= 15 is 0 Å². The smallest absolute Gasteiger partial charge is 0.280 e. The number of aldehydes is 1. The largest absolute Gasteiger partial charge is 0.507 e. The molecule has 0 aliphatic carbocycles. The molecule has 1 saturated heterocycles. The quantitative estimate of drug-likeness (QED) is 0.338. The first-order valence-electron chi connectivity index (χ1n) is 12.5. The topological polar surface area (TPSA) is 127 Å². The number of carbonyl (C=O) groups excluding carboxylic acids is 2. The van der Waals surface area contributed by atoms with E-state index in [9.17, 15) is 19.8 Å². The summed E-state index contributed by atoms with van der Waals surface area (Å²) in [6.07, 6.45) is 2.27. The molecule has 2 aromatic carbocycles.